The Morgan fingerprint density at radius 3 is 2.89 bits per heavy atom. The lowest BCUT2D eigenvalue weighted by atomic mass is 10.2. The van der Waals surface area contributed by atoms with E-state index in [1.165, 1.54) is 6.07 Å². The number of aryl methyl sites for hydroxylation is 3. The first kappa shape index (κ1) is 12.4. The highest BCUT2D eigenvalue weighted by atomic mass is 16.4. The van der Waals surface area contributed by atoms with Crippen LogP contribution in [0.4, 0.5) is 0 Å². The fourth-order valence-electron chi connectivity index (χ4n) is 1.79. The van der Waals surface area contributed by atoms with E-state index in [-0.39, 0.29) is 11.3 Å². The van der Waals surface area contributed by atoms with Gasteiger partial charge in [-0.25, -0.2) is 4.98 Å². The first-order valence-electron chi connectivity index (χ1n) is 6.03. The van der Waals surface area contributed by atoms with Crippen molar-refractivity contribution in [3.05, 3.63) is 46.0 Å². The molecule has 0 amide bonds. The standard InChI is InChI=1S/C13H16N2O3/c1-2-3-11-8-14-13(18-11)5-4-9-6-10(16)7-12(17)15-9/h6-8H,2-5H2,1H3,(H2,15,16,17). The van der Waals surface area contributed by atoms with Gasteiger partial charge in [0.2, 0.25) is 0 Å². The summed E-state index contributed by atoms with van der Waals surface area (Å²) in [4.78, 5) is 18.0. The van der Waals surface area contributed by atoms with Crippen molar-refractivity contribution in [3.8, 4) is 5.75 Å². The molecule has 96 valence electrons. The highest BCUT2D eigenvalue weighted by Crippen LogP contribution is 2.11. The molecule has 2 N–H and O–H groups in total. The molecule has 0 aliphatic rings. The minimum atomic E-state index is -0.302. The number of hydrogen-bond acceptors (Lipinski definition) is 4. The molecule has 5 nitrogen and oxygen atoms in total. The van der Waals surface area contributed by atoms with Gasteiger partial charge in [-0.3, -0.25) is 4.79 Å². The molecule has 2 rings (SSSR count). The van der Waals surface area contributed by atoms with Crippen molar-refractivity contribution in [1.29, 1.82) is 0 Å². The third kappa shape index (κ3) is 3.23. The molecule has 0 aromatic carbocycles. The number of rotatable bonds is 5. The van der Waals surface area contributed by atoms with Crippen molar-refractivity contribution >= 4 is 0 Å². The summed E-state index contributed by atoms with van der Waals surface area (Å²) < 4.78 is 5.54. The van der Waals surface area contributed by atoms with Crippen molar-refractivity contribution < 1.29 is 9.52 Å². The fraction of sp³-hybridized carbons (Fsp3) is 0.385. The Balaban J connectivity index is 1.99. The van der Waals surface area contributed by atoms with Crippen LogP contribution in [0.3, 0.4) is 0 Å². The number of H-pyrrole nitrogens is 1. The van der Waals surface area contributed by atoms with Crippen LogP contribution in [0.1, 0.15) is 30.7 Å². The summed E-state index contributed by atoms with van der Waals surface area (Å²) in [6.45, 7) is 2.08. The lowest BCUT2D eigenvalue weighted by Gasteiger charge is -1.99. The van der Waals surface area contributed by atoms with E-state index in [0.717, 1.165) is 24.7 Å². The second kappa shape index (κ2) is 5.53. The maximum absolute atomic E-state index is 11.2. The average Bonchev–Trinajstić information content (AvgIpc) is 2.74. The number of hydrogen-bond donors (Lipinski definition) is 2. The van der Waals surface area contributed by atoms with Crippen LogP contribution in [0.5, 0.6) is 5.75 Å². The SMILES string of the molecule is CCCc1cnc(CCc2cc(O)cc(=O)[nH]2)o1. The molecular formula is C13H16N2O3. The predicted octanol–water partition coefficient (Wildman–Crippen LogP) is 1.81. The maximum Gasteiger partial charge on any atom is 0.251 e. The zero-order valence-electron chi connectivity index (χ0n) is 10.3. The second-order valence-corrected chi connectivity index (χ2v) is 4.20. The van der Waals surface area contributed by atoms with Gasteiger partial charge in [-0.15, -0.1) is 0 Å². The average molecular weight is 248 g/mol. The van der Waals surface area contributed by atoms with Gasteiger partial charge in [-0.05, 0) is 18.9 Å². The molecule has 2 aromatic rings. The number of pyridine rings is 1. The number of nitrogens with one attached hydrogen (secondary N) is 1. The molecule has 0 atom stereocenters. The molecule has 0 spiro atoms. The number of nitrogens with zero attached hydrogens (tertiary/aromatic N) is 1. The Morgan fingerprint density at radius 1 is 1.33 bits per heavy atom. The zero-order valence-corrected chi connectivity index (χ0v) is 10.3. The number of aromatic amines is 1. The molecule has 0 saturated heterocycles. The third-order valence-corrected chi connectivity index (χ3v) is 2.59. The van der Waals surface area contributed by atoms with Crippen molar-refractivity contribution in [2.75, 3.05) is 0 Å². The van der Waals surface area contributed by atoms with Crippen LogP contribution in [-0.4, -0.2) is 15.1 Å². The molecule has 0 saturated carbocycles. The molecule has 0 bridgehead atoms. The van der Waals surface area contributed by atoms with Gasteiger partial charge in [0, 0.05) is 24.6 Å². The molecule has 0 radical (unpaired) electrons. The summed E-state index contributed by atoms with van der Waals surface area (Å²) in [6, 6.07) is 2.69. The number of aromatic hydroxyl groups is 1. The largest absolute Gasteiger partial charge is 0.508 e. The zero-order chi connectivity index (χ0) is 13.0. The van der Waals surface area contributed by atoms with Gasteiger partial charge in [-0.1, -0.05) is 6.92 Å². The quantitative estimate of drug-likeness (QED) is 0.845. The molecular weight excluding hydrogens is 232 g/mol. The van der Waals surface area contributed by atoms with Crippen molar-refractivity contribution in [2.24, 2.45) is 0 Å². The summed E-state index contributed by atoms with van der Waals surface area (Å²) in [7, 11) is 0. The van der Waals surface area contributed by atoms with Crippen LogP contribution in [0.25, 0.3) is 0 Å². The first-order chi connectivity index (χ1) is 8.67. The van der Waals surface area contributed by atoms with E-state index >= 15 is 0 Å². The van der Waals surface area contributed by atoms with Crippen molar-refractivity contribution in [3.63, 3.8) is 0 Å². The van der Waals surface area contributed by atoms with E-state index in [1.54, 1.807) is 6.20 Å². The highest BCUT2D eigenvalue weighted by Gasteiger charge is 2.05. The minimum Gasteiger partial charge on any atom is -0.508 e. The molecule has 0 aliphatic heterocycles. The van der Waals surface area contributed by atoms with Gasteiger partial charge in [0.1, 0.15) is 11.5 Å². The van der Waals surface area contributed by atoms with Crippen LogP contribution < -0.4 is 5.56 Å². The summed E-state index contributed by atoms with van der Waals surface area (Å²) in [5, 5.41) is 9.31. The molecule has 0 unspecified atom stereocenters. The van der Waals surface area contributed by atoms with Crippen molar-refractivity contribution in [1.82, 2.24) is 9.97 Å². The predicted molar refractivity (Wildman–Crippen MR) is 66.6 cm³/mol. The Morgan fingerprint density at radius 2 is 2.17 bits per heavy atom. The molecule has 0 aliphatic carbocycles. The lowest BCUT2D eigenvalue weighted by Crippen LogP contribution is -2.07. The summed E-state index contributed by atoms with van der Waals surface area (Å²) in [6.07, 6.45) is 4.83. The second-order valence-electron chi connectivity index (χ2n) is 4.20. The van der Waals surface area contributed by atoms with Gasteiger partial charge < -0.3 is 14.5 Å². The monoisotopic (exact) mass is 248 g/mol. The van der Waals surface area contributed by atoms with E-state index in [0.29, 0.717) is 24.4 Å². The summed E-state index contributed by atoms with van der Waals surface area (Å²) in [5.74, 6) is 1.52. The Kier molecular flexibility index (Phi) is 3.82. The van der Waals surface area contributed by atoms with E-state index in [1.807, 2.05) is 0 Å². The number of oxazole rings is 1. The van der Waals surface area contributed by atoms with Crippen LogP contribution in [0.2, 0.25) is 0 Å². The van der Waals surface area contributed by atoms with Crippen molar-refractivity contribution in [2.45, 2.75) is 32.6 Å². The highest BCUT2D eigenvalue weighted by molar-refractivity contribution is 5.21. The Bertz CT molecular complexity index is 572. The first-order valence-corrected chi connectivity index (χ1v) is 6.03. The molecule has 5 heteroatoms. The van der Waals surface area contributed by atoms with Crippen LogP contribution >= 0.6 is 0 Å². The van der Waals surface area contributed by atoms with Crippen LogP contribution in [-0.2, 0) is 19.3 Å². The number of aromatic nitrogens is 2. The van der Waals surface area contributed by atoms with Gasteiger partial charge in [0.05, 0.1) is 6.20 Å². The van der Waals surface area contributed by atoms with Gasteiger partial charge >= 0.3 is 0 Å². The maximum atomic E-state index is 11.2. The van der Waals surface area contributed by atoms with Gasteiger partial charge in [-0.2, -0.15) is 0 Å². The Labute approximate surface area is 105 Å². The van der Waals surface area contributed by atoms with E-state index in [9.17, 15) is 9.90 Å². The van der Waals surface area contributed by atoms with Gasteiger partial charge in [0.15, 0.2) is 5.89 Å². The lowest BCUT2D eigenvalue weighted by molar-refractivity contribution is 0.450. The normalized spacial score (nSPS) is 10.7. The van der Waals surface area contributed by atoms with E-state index in [4.69, 9.17) is 4.42 Å². The third-order valence-electron chi connectivity index (χ3n) is 2.59. The fourth-order valence-corrected chi connectivity index (χ4v) is 1.79. The summed E-state index contributed by atoms with van der Waals surface area (Å²) >= 11 is 0. The van der Waals surface area contributed by atoms with Crippen LogP contribution in [0, 0.1) is 0 Å². The topological polar surface area (TPSA) is 79.1 Å². The molecule has 2 heterocycles. The van der Waals surface area contributed by atoms with E-state index in [2.05, 4.69) is 16.9 Å². The summed E-state index contributed by atoms with van der Waals surface area (Å²) in [5.41, 5.74) is 0.374. The minimum absolute atomic E-state index is 0.0205. The molecule has 0 fully saturated rings. The van der Waals surface area contributed by atoms with E-state index < -0.39 is 0 Å². The molecule has 2 aromatic heterocycles. The Hall–Kier alpha value is -2.04. The van der Waals surface area contributed by atoms with Crippen LogP contribution in [0.15, 0.2) is 27.5 Å². The smallest absolute Gasteiger partial charge is 0.251 e. The molecule has 18 heavy (non-hydrogen) atoms. The van der Waals surface area contributed by atoms with Gasteiger partial charge in [0.25, 0.3) is 5.56 Å².